The summed E-state index contributed by atoms with van der Waals surface area (Å²) in [5, 5.41) is 3.10. The number of rotatable bonds is 6. The normalized spacial score (nSPS) is 11.9. The third-order valence-corrected chi connectivity index (χ3v) is 3.73. The predicted octanol–water partition coefficient (Wildman–Crippen LogP) is 3.83. The summed E-state index contributed by atoms with van der Waals surface area (Å²) in [6.07, 6.45) is 0. The molecule has 0 saturated carbocycles. The maximum absolute atomic E-state index is 12.6. The summed E-state index contributed by atoms with van der Waals surface area (Å²) < 4.78 is 10.4. The summed E-state index contributed by atoms with van der Waals surface area (Å²) in [7, 11) is 3.13. The van der Waals surface area contributed by atoms with Crippen LogP contribution >= 0.6 is 0 Å². The van der Waals surface area contributed by atoms with Crippen LogP contribution in [0.5, 0.6) is 11.5 Å². The zero-order chi connectivity index (χ0) is 16.8. The lowest BCUT2D eigenvalue weighted by Gasteiger charge is -2.23. The van der Waals surface area contributed by atoms with E-state index in [0.29, 0.717) is 17.1 Å². The van der Waals surface area contributed by atoms with E-state index in [1.54, 1.807) is 32.4 Å². The minimum absolute atomic E-state index is 0.0547. The molecule has 1 atom stereocenters. The van der Waals surface area contributed by atoms with Crippen LogP contribution in [0.15, 0.2) is 48.5 Å². The fourth-order valence-electron chi connectivity index (χ4n) is 2.46. The molecule has 0 bridgehead atoms. The highest BCUT2D eigenvalue weighted by Crippen LogP contribution is 2.25. The first-order valence-electron chi connectivity index (χ1n) is 7.64. The van der Waals surface area contributed by atoms with Crippen LogP contribution in [-0.4, -0.2) is 20.1 Å². The van der Waals surface area contributed by atoms with Crippen molar-refractivity contribution < 1.29 is 14.3 Å². The van der Waals surface area contributed by atoms with Crippen LogP contribution in [0.4, 0.5) is 0 Å². The van der Waals surface area contributed by atoms with Gasteiger partial charge in [-0.1, -0.05) is 44.2 Å². The van der Waals surface area contributed by atoms with Crippen molar-refractivity contribution in [3.05, 3.63) is 59.7 Å². The SMILES string of the molecule is COc1cc(OC)cc(C(=O)NC(c2ccccc2)C(C)C)c1. The summed E-state index contributed by atoms with van der Waals surface area (Å²) in [6, 6.07) is 15.1. The van der Waals surface area contributed by atoms with Gasteiger partial charge in [0, 0.05) is 11.6 Å². The van der Waals surface area contributed by atoms with E-state index in [0.717, 1.165) is 5.56 Å². The molecule has 0 aliphatic carbocycles. The van der Waals surface area contributed by atoms with Gasteiger partial charge in [0.25, 0.3) is 5.91 Å². The van der Waals surface area contributed by atoms with Crippen molar-refractivity contribution in [2.24, 2.45) is 5.92 Å². The van der Waals surface area contributed by atoms with Crippen LogP contribution in [0.3, 0.4) is 0 Å². The van der Waals surface area contributed by atoms with Crippen LogP contribution in [-0.2, 0) is 0 Å². The average Bonchev–Trinajstić information content (AvgIpc) is 2.59. The monoisotopic (exact) mass is 313 g/mol. The van der Waals surface area contributed by atoms with Crippen molar-refractivity contribution in [1.29, 1.82) is 0 Å². The number of carbonyl (C=O) groups is 1. The lowest BCUT2D eigenvalue weighted by Crippen LogP contribution is -2.31. The molecule has 1 N–H and O–H groups in total. The van der Waals surface area contributed by atoms with Gasteiger partial charge in [-0.25, -0.2) is 0 Å². The van der Waals surface area contributed by atoms with Crippen molar-refractivity contribution in [3.63, 3.8) is 0 Å². The quantitative estimate of drug-likeness (QED) is 0.881. The van der Waals surface area contributed by atoms with Gasteiger partial charge in [0.05, 0.1) is 20.3 Å². The number of ether oxygens (including phenoxy) is 2. The number of amides is 1. The van der Waals surface area contributed by atoms with Gasteiger partial charge in [-0.3, -0.25) is 4.79 Å². The van der Waals surface area contributed by atoms with Crippen molar-refractivity contribution in [2.75, 3.05) is 14.2 Å². The summed E-state index contributed by atoms with van der Waals surface area (Å²) in [5.41, 5.74) is 1.61. The number of hydrogen-bond acceptors (Lipinski definition) is 3. The van der Waals surface area contributed by atoms with Gasteiger partial charge < -0.3 is 14.8 Å². The Bertz CT molecular complexity index is 631. The fraction of sp³-hybridized carbons (Fsp3) is 0.316. The molecule has 4 nitrogen and oxygen atoms in total. The number of methoxy groups -OCH3 is 2. The second kappa shape index (κ2) is 7.68. The van der Waals surface area contributed by atoms with E-state index in [1.165, 1.54) is 0 Å². The molecule has 4 heteroatoms. The molecule has 2 aromatic rings. The lowest BCUT2D eigenvalue weighted by atomic mass is 9.95. The summed E-state index contributed by atoms with van der Waals surface area (Å²) >= 11 is 0. The van der Waals surface area contributed by atoms with Crippen molar-refractivity contribution >= 4 is 5.91 Å². The van der Waals surface area contributed by atoms with Gasteiger partial charge in [-0.2, -0.15) is 0 Å². The van der Waals surface area contributed by atoms with E-state index < -0.39 is 0 Å². The molecular formula is C19H23NO3. The number of hydrogen-bond donors (Lipinski definition) is 1. The Labute approximate surface area is 137 Å². The third kappa shape index (κ3) is 4.25. The Morgan fingerprint density at radius 3 is 2.00 bits per heavy atom. The Hall–Kier alpha value is -2.49. The minimum atomic E-state index is -0.148. The van der Waals surface area contributed by atoms with Gasteiger partial charge >= 0.3 is 0 Å². The first kappa shape index (κ1) is 16.9. The molecule has 1 amide bonds. The maximum Gasteiger partial charge on any atom is 0.252 e. The molecule has 0 aromatic heterocycles. The molecule has 0 saturated heterocycles. The lowest BCUT2D eigenvalue weighted by molar-refractivity contribution is 0.0925. The second-order valence-electron chi connectivity index (χ2n) is 5.71. The summed E-state index contributed by atoms with van der Waals surface area (Å²) in [4.78, 5) is 12.6. The molecule has 0 radical (unpaired) electrons. The molecule has 1 unspecified atom stereocenters. The zero-order valence-corrected chi connectivity index (χ0v) is 14.0. The van der Waals surface area contributed by atoms with Crippen molar-refractivity contribution in [3.8, 4) is 11.5 Å². The fourth-order valence-corrected chi connectivity index (χ4v) is 2.46. The first-order valence-corrected chi connectivity index (χ1v) is 7.64. The van der Waals surface area contributed by atoms with Crippen LogP contribution < -0.4 is 14.8 Å². The number of nitrogens with one attached hydrogen (secondary N) is 1. The zero-order valence-electron chi connectivity index (χ0n) is 14.0. The predicted molar refractivity (Wildman–Crippen MR) is 91.0 cm³/mol. The van der Waals surface area contributed by atoms with E-state index in [-0.39, 0.29) is 17.9 Å². The summed E-state index contributed by atoms with van der Waals surface area (Å²) in [5.74, 6) is 1.31. The van der Waals surface area contributed by atoms with E-state index in [9.17, 15) is 4.79 Å². The molecule has 23 heavy (non-hydrogen) atoms. The smallest absolute Gasteiger partial charge is 0.252 e. The Kier molecular flexibility index (Phi) is 5.63. The molecule has 0 aliphatic heterocycles. The van der Waals surface area contributed by atoms with Crippen LogP contribution in [0.25, 0.3) is 0 Å². The van der Waals surface area contributed by atoms with E-state index >= 15 is 0 Å². The van der Waals surface area contributed by atoms with E-state index in [1.807, 2.05) is 30.3 Å². The average molecular weight is 313 g/mol. The summed E-state index contributed by atoms with van der Waals surface area (Å²) in [6.45, 7) is 4.17. The van der Waals surface area contributed by atoms with Gasteiger partial charge in [0.2, 0.25) is 0 Å². The molecular weight excluding hydrogens is 290 g/mol. The van der Waals surface area contributed by atoms with Crippen molar-refractivity contribution in [2.45, 2.75) is 19.9 Å². The largest absolute Gasteiger partial charge is 0.497 e. The minimum Gasteiger partial charge on any atom is -0.497 e. The van der Waals surface area contributed by atoms with Gasteiger partial charge in [0.15, 0.2) is 0 Å². The molecule has 0 fully saturated rings. The van der Waals surface area contributed by atoms with Crippen LogP contribution in [0.1, 0.15) is 35.8 Å². The Morgan fingerprint density at radius 1 is 0.957 bits per heavy atom. The number of carbonyl (C=O) groups excluding carboxylic acids is 1. The van der Waals surface area contributed by atoms with E-state index in [2.05, 4.69) is 19.2 Å². The molecule has 0 heterocycles. The van der Waals surface area contributed by atoms with Crippen LogP contribution in [0.2, 0.25) is 0 Å². The van der Waals surface area contributed by atoms with E-state index in [4.69, 9.17) is 9.47 Å². The molecule has 122 valence electrons. The first-order chi connectivity index (χ1) is 11.0. The molecule has 0 aliphatic rings. The highest BCUT2D eigenvalue weighted by Gasteiger charge is 2.19. The van der Waals surface area contributed by atoms with Gasteiger partial charge in [-0.05, 0) is 23.6 Å². The van der Waals surface area contributed by atoms with Gasteiger partial charge in [-0.15, -0.1) is 0 Å². The third-order valence-electron chi connectivity index (χ3n) is 3.73. The molecule has 0 spiro atoms. The number of benzene rings is 2. The standard InChI is InChI=1S/C19H23NO3/c1-13(2)18(14-8-6-5-7-9-14)20-19(21)15-10-16(22-3)12-17(11-15)23-4/h5-13,18H,1-4H3,(H,20,21). The highest BCUT2D eigenvalue weighted by molar-refractivity contribution is 5.95. The molecule has 2 aromatic carbocycles. The molecule has 2 rings (SSSR count). The van der Waals surface area contributed by atoms with Crippen molar-refractivity contribution in [1.82, 2.24) is 5.32 Å². The topological polar surface area (TPSA) is 47.6 Å². The Balaban J connectivity index is 2.26. The van der Waals surface area contributed by atoms with Gasteiger partial charge in [0.1, 0.15) is 11.5 Å². The second-order valence-corrected chi connectivity index (χ2v) is 5.71. The highest BCUT2D eigenvalue weighted by atomic mass is 16.5. The maximum atomic E-state index is 12.6. The van der Waals surface area contributed by atoms with Crippen LogP contribution in [0, 0.1) is 5.92 Å². The Morgan fingerprint density at radius 2 is 1.52 bits per heavy atom.